The van der Waals surface area contributed by atoms with Gasteiger partial charge in [-0.25, -0.2) is 9.97 Å². The molecule has 0 unspecified atom stereocenters. The van der Waals surface area contributed by atoms with Crippen molar-refractivity contribution in [1.82, 2.24) is 29.3 Å². The zero-order valence-corrected chi connectivity index (χ0v) is 19.6. The summed E-state index contributed by atoms with van der Waals surface area (Å²) >= 11 is 0. The molecule has 1 aromatic carbocycles. The molecule has 1 amide bonds. The molecular weight excluding hydrogens is 424 g/mol. The van der Waals surface area contributed by atoms with Crippen LogP contribution in [0.2, 0.25) is 0 Å². The van der Waals surface area contributed by atoms with Gasteiger partial charge in [-0.1, -0.05) is 0 Å². The first kappa shape index (κ1) is 20.2. The number of nitrogens with zero attached hydrogens (tertiary/aromatic N) is 5. The maximum absolute atomic E-state index is 13.5. The molecule has 7 heteroatoms. The summed E-state index contributed by atoms with van der Waals surface area (Å²) in [7, 11) is 2.07. The summed E-state index contributed by atoms with van der Waals surface area (Å²) in [4.78, 5) is 25.3. The van der Waals surface area contributed by atoms with Gasteiger partial charge in [-0.2, -0.15) is 0 Å². The molecule has 174 valence electrons. The zero-order valence-electron chi connectivity index (χ0n) is 19.6. The standard InChI is InChI=1S/C27H30N6O/c1-31-22-9-8-19(27(34)32-11-3-5-20-14-28-15-24(20)32)12-21(22)30-26(31)23-13-18-4-2-10-29-25(18)33(23)16-17-6-7-17/h2,4,8-10,12-13,17,20,24,28H,3,5-7,11,14-16H2,1H3/t20-,24+/m1/s1. The van der Waals surface area contributed by atoms with Crippen molar-refractivity contribution in [1.29, 1.82) is 0 Å². The van der Waals surface area contributed by atoms with Crippen molar-refractivity contribution < 1.29 is 4.79 Å². The maximum atomic E-state index is 13.5. The molecule has 0 spiro atoms. The number of aryl methyl sites for hydroxylation is 1. The Labute approximate surface area is 198 Å². The number of hydrogen-bond donors (Lipinski definition) is 1. The molecule has 34 heavy (non-hydrogen) atoms. The number of pyridine rings is 1. The fourth-order valence-corrected chi connectivity index (χ4v) is 6.06. The summed E-state index contributed by atoms with van der Waals surface area (Å²) in [5.41, 5.74) is 4.78. The van der Waals surface area contributed by atoms with Crippen LogP contribution >= 0.6 is 0 Å². The van der Waals surface area contributed by atoms with Crippen molar-refractivity contribution in [3.8, 4) is 11.5 Å². The van der Waals surface area contributed by atoms with Crippen LogP contribution in [-0.2, 0) is 13.6 Å². The van der Waals surface area contributed by atoms with E-state index in [1.165, 1.54) is 19.3 Å². The van der Waals surface area contributed by atoms with E-state index in [0.717, 1.165) is 77.7 Å². The van der Waals surface area contributed by atoms with Gasteiger partial charge < -0.3 is 19.4 Å². The van der Waals surface area contributed by atoms with Crippen LogP contribution in [0.15, 0.2) is 42.6 Å². The van der Waals surface area contributed by atoms with Crippen molar-refractivity contribution >= 4 is 28.0 Å². The summed E-state index contributed by atoms with van der Waals surface area (Å²) < 4.78 is 4.49. The van der Waals surface area contributed by atoms with Crippen LogP contribution < -0.4 is 5.32 Å². The van der Waals surface area contributed by atoms with Gasteiger partial charge in [-0.15, -0.1) is 0 Å². The third-order valence-electron chi connectivity index (χ3n) is 8.09. The largest absolute Gasteiger partial charge is 0.334 e. The Hall–Kier alpha value is -3.19. The first-order chi connectivity index (χ1) is 16.7. The molecule has 0 bridgehead atoms. The van der Waals surface area contributed by atoms with E-state index in [-0.39, 0.29) is 5.91 Å². The Morgan fingerprint density at radius 1 is 1.15 bits per heavy atom. The Morgan fingerprint density at radius 2 is 2.06 bits per heavy atom. The molecule has 3 aliphatic rings. The van der Waals surface area contributed by atoms with E-state index in [1.54, 1.807) is 0 Å². The minimum Gasteiger partial charge on any atom is -0.334 e. The third-order valence-corrected chi connectivity index (χ3v) is 8.09. The number of carbonyl (C=O) groups excluding carboxylic acids is 1. The Bertz CT molecular complexity index is 1410. The van der Waals surface area contributed by atoms with E-state index in [4.69, 9.17) is 4.98 Å². The smallest absolute Gasteiger partial charge is 0.254 e. The normalized spacial score (nSPS) is 22.6. The Balaban J connectivity index is 1.28. The van der Waals surface area contributed by atoms with Gasteiger partial charge in [-0.05, 0) is 73.9 Å². The highest BCUT2D eigenvalue weighted by Gasteiger charge is 2.37. The lowest BCUT2D eigenvalue weighted by molar-refractivity contribution is 0.0575. The van der Waals surface area contributed by atoms with Gasteiger partial charge in [0.1, 0.15) is 5.65 Å². The lowest BCUT2D eigenvalue weighted by Gasteiger charge is -2.37. The van der Waals surface area contributed by atoms with E-state index < -0.39 is 0 Å². The van der Waals surface area contributed by atoms with Crippen LogP contribution in [0, 0.1) is 11.8 Å². The molecule has 1 N–H and O–H groups in total. The molecule has 2 atom stereocenters. The molecule has 2 saturated heterocycles. The van der Waals surface area contributed by atoms with Gasteiger partial charge in [0.15, 0.2) is 5.82 Å². The minimum atomic E-state index is 0.138. The molecular formula is C27H30N6O. The van der Waals surface area contributed by atoms with Crippen molar-refractivity contribution in [3.05, 3.63) is 48.2 Å². The summed E-state index contributed by atoms with van der Waals surface area (Å²) in [5.74, 6) is 2.38. The predicted octanol–water partition coefficient (Wildman–Crippen LogP) is 3.82. The molecule has 4 aromatic rings. The maximum Gasteiger partial charge on any atom is 0.254 e. The highest BCUT2D eigenvalue weighted by molar-refractivity contribution is 5.98. The van der Waals surface area contributed by atoms with Crippen LogP contribution in [0.4, 0.5) is 0 Å². The number of fused-ring (bicyclic) bond motifs is 3. The summed E-state index contributed by atoms with van der Waals surface area (Å²) in [6, 6.07) is 12.7. The molecule has 2 aliphatic heterocycles. The molecule has 3 fully saturated rings. The van der Waals surface area contributed by atoms with Crippen LogP contribution in [0.3, 0.4) is 0 Å². The number of nitrogens with one attached hydrogen (secondary N) is 1. The van der Waals surface area contributed by atoms with Gasteiger partial charge in [0.25, 0.3) is 5.91 Å². The van der Waals surface area contributed by atoms with Crippen LogP contribution in [0.25, 0.3) is 33.6 Å². The van der Waals surface area contributed by atoms with Crippen LogP contribution in [0.5, 0.6) is 0 Å². The van der Waals surface area contributed by atoms with Gasteiger partial charge in [0, 0.05) is 56.4 Å². The number of likely N-dealkylation sites (tertiary alicyclic amines) is 1. The van der Waals surface area contributed by atoms with Crippen LogP contribution in [-0.4, -0.2) is 55.6 Å². The second-order valence-electron chi connectivity index (χ2n) is 10.3. The number of benzene rings is 1. The number of rotatable bonds is 4. The molecule has 5 heterocycles. The van der Waals surface area contributed by atoms with Crippen molar-refractivity contribution in [2.45, 2.75) is 38.3 Å². The van der Waals surface area contributed by atoms with E-state index in [1.807, 2.05) is 24.4 Å². The van der Waals surface area contributed by atoms with Crippen molar-refractivity contribution in [2.75, 3.05) is 19.6 Å². The highest BCUT2D eigenvalue weighted by Crippen LogP contribution is 2.36. The number of aromatic nitrogens is 4. The van der Waals surface area contributed by atoms with Crippen molar-refractivity contribution in [2.24, 2.45) is 18.9 Å². The third kappa shape index (κ3) is 3.17. The topological polar surface area (TPSA) is 68.0 Å². The predicted molar refractivity (Wildman–Crippen MR) is 133 cm³/mol. The lowest BCUT2D eigenvalue weighted by Crippen LogP contribution is -2.48. The number of piperidine rings is 1. The van der Waals surface area contributed by atoms with Crippen molar-refractivity contribution in [3.63, 3.8) is 0 Å². The summed E-state index contributed by atoms with van der Waals surface area (Å²) in [5, 5.41) is 4.62. The summed E-state index contributed by atoms with van der Waals surface area (Å²) in [6.45, 7) is 3.77. The number of hydrogen-bond acceptors (Lipinski definition) is 4. The second kappa shape index (κ2) is 7.67. The fraction of sp³-hybridized carbons (Fsp3) is 0.444. The molecule has 0 radical (unpaired) electrons. The fourth-order valence-electron chi connectivity index (χ4n) is 6.06. The van der Waals surface area contributed by atoms with Gasteiger partial charge in [-0.3, -0.25) is 4.79 Å². The Morgan fingerprint density at radius 3 is 2.94 bits per heavy atom. The lowest BCUT2D eigenvalue weighted by atomic mass is 9.91. The van der Waals surface area contributed by atoms with Gasteiger partial charge in [0.05, 0.1) is 16.7 Å². The molecule has 1 aliphatic carbocycles. The van der Waals surface area contributed by atoms with Crippen LogP contribution in [0.1, 0.15) is 36.0 Å². The van der Waals surface area contributed by atoms with E-state index in [2.05, 4.69) is 49.6 Å². The first-order valence-corrected chi connectivity index (χ1v) is 12.6. The number of carbonyl (C=O) groups is 1. The van der Waals surface area contributed by atoms with E-state index in [9.17, 15) is 4.79 Å². The summed E-state index contributed by atoms with van der Waals surface area (Å²) in [6.07, 6.45) is 6.74. The number of amides is 1. The average molecular weight is 455 g/mol. The molecule has 7 nitrogen and oxygen atoms in total. The SMILES string of the molecule is Cn1c(-c2cc3cccnc3n2CC2CC2)nc2cc(C(=O)N3CCC[C@@H]4CNC[C@@H]43)ccc21. The number of imidazole rings is 1. The monoisotopic (exact) mass is 454 g/mol. The van der Waals surface area contributed by atoms with Gasteiger partial charge in [0.2, 0.25) is 0 Å². The highest BCUT2D eigenvalue weighted by atomic mass is 16.2. The van der Waals surface area contributed by atoms with E-state index >= 15 is 0 Å². The average Bonchev–Trinajstić information content (AvgIpc) is 3.28. The molecule has 1 saturated carbocycles. The first-order valence-electron chi connectivity index (χ1n) is 12.6. The van der Waals surface area contributed by atoms with E-state index in [0.29, 0.717) is 12.0 Å². The molecule has 7 rings (SSSR count). The Kier molecular flexibility index (Phi) is 4.56. The second-order valence-corrected chi connectivity index (χ2v) is 10.3. The minimum absolute atomic E-state index is 0.138. The quantitative estimate of drug-likeness (QED) is 0.509. The molecule has 3 aromatic heterocycles. The van der Waals surface area contributed by atoms with Gasteiger partial charge >= 0.3 is 0 Å². The zero-order chi connectivity index (χ0) is 22.8.